The molecule has 2 aromatic heterocycles. The van der Waals surface area contributed by atoms with E-state index < -0.39 is 70.1 Å². The summed E-state index contributed by atoms with van der Waals surface area (Å²) in [6.07, 6.45) is 8.96. The zero-order valence-electron chi connectivity index (χ0n) is 59.8. The summed E-state index contributed by atoms with van der Waals surface area (Å²) in [5, 5.41) is 7.34. The third-order valence-electron chi connectivity index (χ3n) is 16.8. The molecule has 1 fully saturated rings. The van der Waals surface area contributed by atoms with E-state index >= 15 is 0 Å². The number of para-hydroxylation sites is 1. The molecule has 0 radical (unpaired) electrons. The Labute approximate surface area is 615 Å². The summed E-state index contributed by atoms with van der Waals surface area (Å²) in [4.78, 5) is 126. The minimum Gasteiger partial charge on any atom is -0.495 e. The highest BCUT2D eigenvalue weighted by molar-refractivity contribution is 7.92. The number of fused-ring (bicyclic) bond motifs is 2. The van der Waals surface area contributed by atoms with Crippen molar-refractivity contribution in [1.82, 2.24) is 34.0 Å². The van der Waals surface area contributed by atoms with E-state index in [9.17, 15) is 46.8 Å². The van der Waals surface area contributed by atoms with E-state index in [1.807, 2.05) is 26.0 Å². The highest BCUT2D eigenvalue weighted by Gasteiger charge is 2.52. The number of aryl methyl sites for hydroxylation is 2. The van der Waals surface area contributed by atoms with Gasteiger partial charge in [-0.3, -0.25) is 47.5 Å². The number of methoxy groups -OCH3 is 1. The number of anilines is 3. The van der Waals surface area contributed by atoms with Crippen LogP contribution in [0.25, 0.3) is 21.8 Å². The van der Waals surface area contributed by atoms with Gasteiger partial charge in [-0.25, -0.2) is 32.9 Å². The van der Waals surface area contributed by atoms with Crippen LogP contribution in [0.2, 0.25) is 10.0 Å². The summed E-state index contributed by atoms with van der Waals surface area (Å²) < 4.78 is 53.7. The largest absolute Gasteiger partial charge is 0.495 e. The molecule has 0 aliphatic carbocycles. The monoisotopic (exact) mass is 1480 g/mol. The van der Waals surface area contributed by atoms with Crippen LogP contribution in [0.1, 0.15) is 143 Å². The van der Waals surface area contributed by atoms with Crippen LogP contribution in [-0.4, -0.2) is 131 Å². The first-order valence-electron chi connectivity index (χ1n) is 34.8. The minimum absolute atomic E-state index is 0.00773. The molecule has 0 saturated carbocycles. The average Bonchev–Trinajstić information content (AvgIpc) is 1.63. The minimum atomic E-state index is -3.81. The summed E-state index contributed by atoms with van der Waals surface area (Å²) in [6.45, 7) is 10.1. The van der Waals surface area contributed by atoms with Crippen LogP contribution in [0.15, 0.2) is 137 Å². The quantitative estimate of drug-likeness (QED) is 0.0142. The molecule has 0 bridgehead atoms. The lowest BCUT2D eigenvalue weighted by Gasteiger charge is -2.27. The maximum absolute atomic E-state index is 14.9. The van der Waals surface area contributed by atoms with Crippen molar-refractivity contribution in [3.8, 4) is 11.5 Å². The van der Waals surface area contributed by atoms with Gasteiger partial charge in [-0.15, -0.1) is 5.06 Å². The first-order chi connectivity index (χ1) is 49.9. The number of halogens is 2. The Morgan fingerprint density at radius 1 is 0.673 bits per heavy atom. The van der Waals surface area contributed by atoms with Crippen molar-refractivity contribution in [2.45, 2.75) is 150 Å². The van der Waals surface area contributed by atoms with Gasteiger partial charge in [-0.1, -0.05) is 148 Å². The number of nitrogens with one attached hydrogen (secondary N) is 3. The SMILES string of the molecule is CCCCCCCCCCCCS(=O)(=O)Nc1ccc(Cl)c(NC(=O)C(c2nc3ccc(Cl)cc3c(=O)n2CCC(=O)ON(C)C)N2C(=O)C(OCC)N(Cc3ccccc3)C2=O)c1.CCOC(=O)c1ccc(OC)c(NC(=O)Cc2nc3ccccc3c(=O)n2CCCOc2ccc(C)cc2C)c1. The van der Waals surface area contributed by atoms with E-state index in [4.69, 9.17) is 47.0 Å². The Hall–Kier alpha value is -9.73. The van der Waals surface area contributed by atoms with Crippen molar-refractivity contribution in [3.05, 3.63) is 192 Å². The molecule has 6 aromatic carbocycles. The standard InChI is InChI=1S/C45H57Cl2N7O9S.C31H33N3O6/c1-5-7-8-9-10-11-12-13-14-18-27-64(60,61)50-33-22-23-35(47)37(29-33)49-41(56)39(54-43(58)44(62-6-2)53(45(54)59)30-31-19-16-15-17-20-31)40-48-36-24-21-32(46)28-34(36)42(57)52(40)26-25-38(55)63-51(3)4;1-5-39-31(37)22-12-14-27(38-4)25(18-22)33-29(35)19-28-32-24-10-7-6-9-23(24)30(36)34(28)15-8-16-40-26-13-11-20(2)17-21(26)3/h15-17,19-24,28-29,39,44,50H,5-14,18,25-27,30H2,1-4H3,(H,49,56);6-7,9-14,17-18H,5,8,15-16,19H2,1-4H3,(H,33,35). The number of amides is 5. The molecule has 0 spiro atoms. The molecule has 2 atom stereocenters. The van der Waals surface area contributed by atoms with Gasteiger partial charge < -0.3 is 34.4 Å². The van der Waals surface area contributed by atoms with Gasteiger partial charge in [0.15, 0.2) is 6.04 Å². The van der Waals surface area contributed by atoms with Crippen LogP contribution < -0.4 is 35.9 Å². The molecule has 28 heteroatoms. The number of urea groups is 1. The average molecular weight is 1490 g/mol. The molecule has 1 aliphatic rings. The van der Waals surface area contributed by atoms with E-state index in [2.05, 4.69) is 38.3 Å². The summed E-state index contributed by atoms with van der Waals surface area (Å²) in [5.41, 5.74) is 3.12. The van der Waals surface area contributed by atoms with Gasteiger partial charge in [0.1, 0.15) is 23.1 Å². The van der Waals surface area contributed by atoms with E-state index in [0.717, 1.165) is 52.0 Å². The van der Waals surface area contributed by atoms with E-state index in [1.54, 1.807) is 80.6 Å². The molecule has 9 rings (SSSR count). The van der Waals surface area contributed by atoms with Gasteiger partial charge in [0.25, 0.3) is 22.9 Å². The van der Waals surface area contributed by atoms with Crippen molar-refractivity contribution in [2.75, 3.05) is 62.1 Å². The van der Waals surface area contributed by atoms with Crippen LogP contribution in [-0.2, 0) is 69.6 Å². The molecule has 1 aliphatic heterocycles. The molecule has 3 N–H and O–H groups in total. The highest BCUT2D eigenvalue weighted by Crippen LogP contribution is 2.35. The number of nitrogens with zero attached hydrogens (tertiary/aromatic N) is 7. The molecule has 2 unspecified atom stereocenters. The predicted octanol–water partition coefficient (Wildman–Crippen LogP) is 13.1. The second-order valence-electron chi connectivity index (χ2n) is 25.0. The number of ether oxygens (including phenoxy) is 4. The fourth-order valence-electron chi connectivity index (χ4n) is 11.8. The van der Waals surface area contributed by atoms with Gasteiger partial charge in [0, 0.05) is 38.8 Å². The Balaban J connectivity index is 0.000000293. The van der Waals surface area contributed by atoms with E-state index in [1.165, 1.54) is 105 Å². The molecule has 104 heavy (non-hydrogen) atoms. The number of hydrogen-bond donors (Lipinski definition) is 3. The number of aromatic nitrogens is 4. The van der Waals surface area contributed by atoms with Crippen molar-refractivity contribution in [1.29, 1.82) is 0 Å². The lowest BCUT2D eigenvalue weighted by Crippen LogP contribution is -2.45. The molecular weight excluding hydrogens is 1400 g/mol. The second kappa shape index (κ2) is 38.7. The third kappa shape index (κ3) is 21.9. The first-order valence-corrected chi connectivity index (χ1v) is 37.2. The van der Waals surface area contributed by atoms with Crippen LogP contribution in [0.5, 0.6) is 11.5 Å². The molecule has 5 amide bonds. The number of hydroxylamine groups is 2. The molecule has 1 saturated heterocycles. The van der Waals surface area contributed by atoms with Crippen molar-refractivity contribution >= 4 is 108 Å². The molecule has 554 valence electrons. The van der Waals surface area contributed by atoms with Gasteiger partial charge in [-0.2, -0.15) is 0 Å². The highest BCUT2D eigenvalue weighted by atomic mass is 35.5. The van der Waals surface area contributed by atoms with Crippen LogP contribution in [0.4, 0.5) is 21.9 Å². The van der Waals surface area contributed by atoms with Gasteiger partial charge in [-0.05, 0) is 124 Å². The fourth-order valence-corrected chi connectivity index (χ4v) is 13.3. The van der Waals surface area contributed by atoms with Gasteiger partial charge in [0.05, 0.1) is 94.9 Å². The zero-order chi connectivity index (χ0) is 75.0. The summed E-state index contributed by atoms with van der Waals surface area (Å²) >= 11 is 12.9. The smallest absolute Gasteiger partial charge is 0.338 e. The zero-order valence-corrected chi connectivity index (χ0v) is 62.2. The van der Waals surface area contributed by atoms with Gasteiger partial charge in [0.2, 0.25) is 22.2 Å². The first kappa shape index (κ1) is 80.0. The topological polar surface area (TPSA) is 298 Å². The Kier molecular flexibility index (Phi) is 29.7. The molecule has 8 aromatic rings. The van der Waals surface area contributed by atoms with Crippen molar-refractivity contribution in [2.24, 2.45) is 0 Å². The number of carbonyl (C=O) groups is 6. The van der Waals surface area contributed by atoms with Crippen LogP contribution in [0.3, 0.4) is 0 Å². The second-order valence-corrected chi connectivity index (χ2v) is 27.7. The number of carbonyl (C=O) groups excluding carboxylic acids is 6. The summed E-state index contributed by atoms with van der Waals surface area (Å²) in [7, 11) is 0.662. The molecule has 25 nitrogen and oxygen atoms in total. The number of sulfonamides is 1. The Morgan fingerprint density at radius 2 is 1.36 bits per heavy atom. The molecular formula is C76H90Cl2N10O15S. The number of unbranched alkanes of at least 4 members (excludes halogenated alkanes) is 9. The number of imide groups is 1. The number of esters is 1. The third-order valence-corrected chi connectivity index (χ3v) is 18.8. The van der Waals surface area contributed by atoms with E-state index in [0.29, 0.717) is 64.6 Å². The van der Waals surface area contributed by atoms with Crippen LogP contribution >= 0.6 is 23.2 Å². The fraction of sp³-hybridized carbons (Fsp3) is 0.395. The Morgan fingerprint density at radius 3 is 2.05 bits per heavy atom. The van der Waals surface area contributed by atoms with E-state index in [-0.39, 0.29) is 87.6 Å². The van der Waals surface area contributed by atoms with Crippen molar-refractivity contribution < 1.29 is 61.0 Å². The maximum atomic E-state index is 14.9. The lowest BCUT2D eigenvalue weighted by atomic mass is 10.1. The Bertz CT molecular complexity index is 4600. The summed E-state index contributed by atoms with van der Waals surface area (Å²) in [6, 6.07) is 32.1. The predicted molar refractivity (Wildman–Crippen MR) is 400 cm³/mol. The summed E-state index contributed by atoms with van der Waals surface area (Å²) in [5.74, 6) is -2.60. The van der Waals surface area contributed by atoms with Crippen LogP contribution in [0, 0.1) is 13.8 Å². The number of benzene rings is 6. The normalized spacial score (nSPS) is 13.2. The van der Waals surface area contributed by atoms with Gasteiger partial charge >= 0.3 is 18.0 Å². The molecule has 3 heterocycles. The van der Waals surface area contributed by atoms with Crippen molar-refractivity contribution in [3.63, 3.8) is 0 Å². The number of hydrogen-bond acceptors (Lipinski definition) is 18. The maximum Gasteiger partial charge on any atom is 0.338 e. The number of rotatable bonds is 36. The lowest BCUT2D eigenvalue weighted by molar-refractivity contribution is -0.178.